The van der Waals surface area contributed by atoms with Gasteiger partial charge in [-0.1, -0.05) is 32.1 Å². The van der Waals surface area contributed by atoms with Crippen molar-refractivity contribution in [2.75, 3.05) is 13.2 Å². The summed E-state index contributed by atoms with van der Waals surface area (Å²) in [7, 11) is 0. The number of rotatable bonds is 7. The first-order valence-electron chi connectivity index (χ1n) is 7.07. The van der Waals surface area contributed by atoms with Crippen LogP contribution in [0.2, 0.25) is 0 Å². The van der Waals surface area contributed by atoms with E-state index in [1.165, 1.54) is 32.1 Å². The molecule has 0 spiro atoms. The van der Waals surface area contributed by atoms with Crippen molar-refractivity contribution in [2.24, 2.45) is 0 Å². The second-order valence-corrected chi connectivity index (χ2v) is 5.19. The number of aliphatic hydroxyl groups is 2. The van der Waals surface area contributed by atoms with Crippen LogP contribution in [0.15, 0.2) is 0 Å². The van der Waals surface area contributed by atoms with Gasteiger partial charge in [-0.3, -0.25) is 0 Å². The second kappa shape index (κ2) is 9.67. The minimum atomic E-state index is -0.929. The van der Waals surface area contributed by atoms with Crippen LogP contribution in [0.3, 0.4) is 0 Å². The molecule has 0 aliphatic heterocycles. The Morgan fingerprint density at radius 2 is 1.67 bits per heavy atom. The summed E-state index contributed by atoms with van der Waals surface area (Å²) in [6, 6.07) is 0.435. The highest BCUT2D eigenvalue weighted by atomic mass is 19.3. The Hall–Kier alpha value is -0.230. The van der Waals surface area contributed by atoms with Gasteiger partial charge in [0.15, 0.2) is 0 Å². The molecule has 0 heterocycles. The maximum Gasteiger partial charge on any atom is 0.0924 e. The molecule has 0 amide bonds. The average molecular weight is 263 g/mol. The predicted octanol–water partition coefficient (Wildman–Crippen LogP) is 1.70. The van der Waals surface area contributed by atoms with E-state index in [0.717, 1.165) is 12.8 Å². The Kier molecular flexibility index (Phi) is 8.50. The summed E-state index contributed by atoms with van der Waals surface area (Å²) in [5.41, 5.74) is 0. The molecular formula is C13H26FNO3. The molecule has 0 aromatic rings. The van der Waals surface area contributed by atoms with Crippen molar-refractivity contribution in [1.82, 2.24) is 5.32 Å². The third kappa shape index (κ3) is 6.64. The number of hydrogen-bond acceptors (Lipinski definition) is 4. The van der Waals surface area contributed by atoms with Gasteiger partial charge in [-0.15, -0.1) is 0 Å². The zero-order valence-electron chi connectivity index (χ0n) is 11.0. The summed E-state index contributed by atoms with van der Waals surface area (Å²) >= 11 is 0. The first-order valence-corrected chi connectivity index (χ1v) is 7.07. The highest BCUT2D eigenvalue weighted by Gasteiger charge is 2.18. The van der Waals surface area contributed by atoms with Gasteiger partial charge in [0.1, 0.15) is 0 Å². The zero-order chi connectivity index (χ0) is 13.2. The van der Waals surface area contributed by atoms with Crippen LogP contribution < -0.4 is 5.32 Å². The van der Waals surface area contributed by atoms with Crippen molar-refractivity contribution >= 4 is 0 Å². The summed E-state index contributed by atoms with van der Waals surface area (Å²) < 4.78 is 11.5. The summed E-state index contributed by atoms with van der Waals surface area (Å²) in [6.07, 6.45) is 6.97. The number of aliphatic hydroxyl groups excluding tert-OH is 2. The summed E-state index contributed by atoms with van der Waals surface area (Å²) in [5, 5.41) is 22.6. The lowest BCUT2D eigenvalue weighted by Gasteiger charge is -2.24. The van der Waals surface area contributed by atoms with Gasteiger partial charge in [0, 0.05) is 19.0 Å². The van der Waals surface area contributed by atoms with Crippen molar-refractivity contribution in [1.29, 1.82) is 0 Å². The molecule has 1 rings (SSSR count). The molecule has 5 heteroatoms. The van der Waals surface area contributed by atoms with Crippen LogP contribution in [0.5, 0.6) is 0 Å². The Morgan fingerprint density at radius 1 is 1.06 bits per heavy atom. The van der Waals surface area contributed by atoms with E-state index in [4.69, 9.17) is 0 Å². The second-order valence-electron chi connectivity index (χ2n) is 5.19. The van der Waals surface area contributed by atoms with Crippen molar-refractivity contribution < 1.29 is 19.7 Å². The quantitative estimate of drug-likeness (QED) is 0.654. The Bertz CT molecular complexity index is 199. The fourth-order valence-electron chi connectivity index (χ4n) is 2.44. The topological polar surface area (TPSA) is 61.7 Å². The minimum absolute atomic E-state index is 0.115. The number of halogens is 1. The third-order valence-electron chi connectivity index (χ3n) is 3.66. The summed E-state index contributed by atoms with van der Waals surface area (Å²) in [5.74, 6) is 0. The van der Waals surface area contributed by atoms with Crippen molar-refractivity contribution in [3.63, 3.8) is 0 Å². The van der Waals surface area contributed by atoms with E-state index in [-0.39, 0.29) is 13.0 Å². The summed E-state index contributed by atoms with van der Waals surface area (Å²) in [4.78, 5) is 3.40. The monoisotopic (exact) mass is 263 g/mol. The predicted molar refractivity (Wildman–Crippen MR) is 67.8 cm³/mol. The van der Waals surface area contributed by atoms with Crippen LogP contribution in [0.1, 0.15) is 51.4 Å². The molecule has 3 N–H and O–H groups in total. The smallest absolute Gasteiger partial charge is 0.0924 e. The standard InChI is InChI=1S/C13H26FNO3/c14-18-9-8-12(16)13(17)10-15-11-6-4-2-1-3-5-7-11/h11-13,15-17H,1-10H2. The van der Waals surface area contributed by atoms with Gasteiger partial charge < -0.3 is 15.5 Å². The van der Waals surface area contributed by atoms with Gasteiger partial charge in [-0.25, -0.2) is 0 Å². The molecule has 1 saturated carbocycles. The highest BCUT2D eigenvalue weighted by Crippen LogP contribution is 2.17. The van der Waals surface area contributed by atoms with Crippen LogP contribution in [0.4, 0.5) is 4.53 Å². The molecule has 108 valence electrons. The Labute approximate surface area is 108 Å². The van der Waals surface area contributed by atoms with Crippen LogP contribution in [-0.2, 0) is 4.94 Å². The van der Waals surface area contributed by atoms with Gasteiger partial charge in [0.2, 0.25) is 0 Å². The molecule has 1 fully saturated rings. The van der Waals surface area contributed by atoms with Crippen LogP contribution in [0.25, 0.3) is 0 Å². The van der Waals surface area contributed by atoms with E-state index in [1.807, 2.05) is 0 Å². The molecule has 0 radical (unpaired) electrons. The SMILES string of the molecule is OC(CCOF)C(O)CNC1CCCCCCC1. The van der Waals surface area contributed by atoms with E-state index < -0.39 is 12.2 Å². The lowest BCUT2D eigenvalue weighted by molar-refractivity contribution is -0.143. The van der Waals surface area contributed by atoms with Gasteiger partial charge in [-0.2, -0.15) is 4.94 Å². The fraction of sp³-hybridized carbons (Fsp3) is 1.00. The molecule has 1 aliphatic carbocycles. The van der Waals surface area contributed by atoms with E-state index in [0.29, 0.717) is 12.6 Å². The average Bonchev–Trinajstić information content (AvgIpc) is 2.34. The van der Waals surface area contributed by atoms with Crippen molar-refractivity contribution in [3.05, 3.63) is 0 Å². The van der Waals surface area contributed by atoms with Gasteiger partial charge >= 0.3 is 0 Å². The zero-order valence-corrected chi connectivity index (χ0v) is 11.0. The summed E-state index contributed by atoms with van der Waals surface area (Å²) in [6.45, 7) is 0.180. The fourth-order valence-corrected chi connectivity index (χ4v) is 2.44. The molecule has 0 saturated heterocycles. The van der Waals surface area contributed by atoms with E-state index >= 15 is 0 Å². The first-order chi connectivity index (χ1) is 8.74. The lowest BCUT2D eigenvalue weighted by Crippen LogP contribution is -2.41. The first kappa shape index (κ1) is 15.8. The molecule has 18 heavy (non-hydrogen) atoms. The van der Waals surface area contributed by atoms with E-state index in [9.17, 15) is 14.7 Å². The van der Waals surface area contributed by atoms with Crippen molar-refractivity contribution in [3.8, 4) is 0 Å². The van der Waals surface area contributed by atoms with Crippen molar-refractivity contribution in [2.45, 2.75) is 69.6 Å². The van der Waals surface area contributed by atoms with Gasteiger partial charge in [0.05, 0.1) is 18.8 Å². The van der Waals surface area contributed by atoms with Gasteiger partial charge in [-0.05, 0) is 17.4 Å². The van der Waals surface area contributed by atoms with Crippen LogP contribution in [0, 0.1) is 0 Å². The van der Waals surface area contributed by atoms with E-state index in [1.54, 1.807) is 0 Å². The van der Waals surface area contributed by atoms with Crippen LogP contribution in [-0.4, -0.2) is 41.6 Å². The molecule has 0 aromatic carbocycles. The highest BCUT2D eigenvalue weighted by molar-refractivity contribution is 4.75. The molecule has 4 nitrogen and oxygen atoms in total. The maximum atomic E-state index is 11.5. The van der Waals surface area contributed by atoms with Gasteiger partial charge in [0.25, 0.3) is 0 Å². The molecule has 0 aromatic heterocycles. The third-order valence-corrected chi connectivity index (χ3v) is 3.66. The molecule has 0 bridgehead atoms. The number of nitrogens with one attached hydrogen (secondary N) is 1. The molecule has 1 aliphatic rings. The van der Waals surface area contributed by atoms with E-state index in [2.05, 4.69) is 10.3 Å². The normalized spacial score (nSPS) is 22.2. The largest absolute Gasteiger partial charge is 0.390 e. The Balaban J connectivity index is 2.16. The molecule has 2 unspecified atom stereocenters. The molecular weight excluding hydrogens is 237 g/mol. The Morgan fingerprint density at radius 3 is 2.28 bits per heavy atom. The molecule has 2 atom stereocenters. The minimum Gasteiger partial charge on any atom is -0.390 e. The lowest BCUT2D eigenvalue weighted by atomic mass is 9.96. The number of hydrogen-bond donors (Lipinski definition) is 3. The maximum absolute atomic E-state index is 11.5. The van der Waals surface area contributed by atoms with Crippen LogP contribution >= 0.6 is 0 Å².